The van der Waals surface area contributed by atoms with Crippen LogP contribution in [0.2, 0.25) is 0 Å². The Morgan fingerprint density at radius 2 is 1.89 bits per heavy atom. The standard InChI is InChI=1S/C16H20N2O/c1-13-4-3-5-16(14(13)2)19-11-10-18-12-15-6-8-17-9-7-15/h3-9,18H,10-12H2,1-2H3. The molecule has 0 aliphatic rings. The first-order valence-electron chi connectivity index (χ1n) is 6.56. The van der Waals surface area contributed by atoms with Crippen LogP contribution in [-0.2, 0) is 6.54 Å². The van der Waals surface area contributed by atoms with Gasteiger partial charge in [-0.2, -0.15) is 0 Å². The second-order valence-electron chi connectivity index (χ2n) is 4.58. The molecule has 1 aromatic heterocycles. The van der Waals surface area contributed by atoms with Crippen molar-refractivity contribution in [3.8, 4) is 5.75 Å². The van der Waals surface area contributed by atoms with Crippen LogP contribution in [0, 0.1) is 13.8 Å². The predicted molar refractivity (Wildman–Crippen MR) is 77.4 cm³/mol. The van der Waals surface area contributed by atoms with Crippen molar-refractivity contribution in [3.63, 3.8) is 0 Å². The number of ether oxygens (including phenoxy) is 1. The summed E-state index contributed by atoms with van der Waals surface area (Å²) in [5.74, 6) is 0.978. The van der Waals surface area contributed by atoms with Gasteiger partial charge in [0.2, 0.25) is 0 Å². The first kappa shape index (κ1) is 13.6. The van der Waals surface area contributed by atoms with Crippen LogP contribution in [0.15, 0.2) is 42.7 Å². The fourth-order valence-electron chi connectivity index (χ4n) is 1.85. The molecule has 3 nitrogen and oxygen atoms in total. The largest absolute Gasteiger partial charge is 0.492 e. The molecule has 0 amide bonds. The van der Waals surface area contributed by atoms with Crippen LogP contribution in [0.4, 0.5) is 0 Å². The molecule has 19 heavy (non-hydrogen) atoms. The summed E-state index contributed by atoms with van der Waals surface area (Å²) in [6, 6.07) is 10.2. The Kier molecular flexibility index (Phi) is 4.93. The second kappa shape index (κ2) is 6.90. The smallest absolute Gasteiger partial charge is 0.122 e. The van der Waals surface area contributed by atoms with E-state index in [1.165, 1.54) is 16.7 Å². The monoisotopic (exact) mass is 256 g/mol. The lowest BCUT2D eigenvalue weighted by Crippen LogP contribution is -2.20. The molecular weight excluding hydrogens is 236 g/mol. The molecular formula is C16H20N2O. The fraction of sp³-hybridized carbons (Fsp3) is 0.312. The summed E-state index contributed by atoms with van der Waals surface area (Å²) in [6.45, 7) is 6.54. The highest BCUT2D eigenvalue weighted by atomic mass is 16.5. The van der Waals surface area contributed by atoms with Gasteiger partial charge in [-0.25, -0.2) is 0 Å². The second-order valence-corrected chi connectivity index (χ2v) is 4.58. The Hall–Kier alpha value is -1.87. The van der Waals surface area contributed by atoms with Gasteiger partial charge in [0.15, 0.2) is 0 Å². The van der Waals surface area contributed by atoms with Crippen molar-refractivity contribution in [2.45, 2.75) is 20.4 Å². The Bertz CT molecular complexity index is 511. The van der Waals surface area contributed by atoms with Crippen molar-refractivity contribution in [3.05, 3.63) is 59.4 Å². The lowest BCUT2D eigenvalue weighted by atomic mass is 10.1. The van der Waals surface area contributed by atoms with E-state index in [9.17, 15) is 0 Å². The molecule has 2 rings (SSSR count). The zero-order valence-corrected chi connectivity index (χ0v) is 11.5. The molecule has 0 bridgehead atoms. The number of hydrogen-bond acceptors (Lipinski definition) is 3. The number of rotatable bonds is 6. The number of pyridine rings is 1. The van der Waals surface area contributed by atoms with E-state index in [-0.39, 0.29) is 0 Å². The van der Waals surface area contributed by atoms with Crippen LogP contribution in [-0.4, -0.2) is 18.1 Å². The summed E-state index contributed by atoms with van der Waals surface area (Å²) >= 11 is 0. The summed E-state index contributed by atoms with van der Waals surface area (Å²) in [5.41, 5.74) is 3.72. The summed E-state index contributed by atoms with van der Waals surface area (Å²) in [7, 11) is 0. The average Bonchev–Trinajstić information content (AvgIpc) is 2.44. The highest BCUT2D eigenvalue weighted by molar-refractivity contribution is 5.38. The van der Waals surface area contributed by atoms with Gasteiger partial charge in [0.1, 0.15) is 12.4 Å². The molecule has 3 heteroatoms. The normalized spacial score (nSPS) is 10.4. The van der Waals surface area contributed by atoms with Crippen molar-refractivity contribution in [1.82, 2.24) is 10.3 Å². The van der Waals surface area contributed by atoms with E-state index in [1.54, 1.807) is 0 Å². The van der Waals surface area contributed by atoms with E-state index >= 15 is 0 Å². The molecule has 0 unspecified atom stereocenters. The molecule has 0 fully saturated rings. The Labute approximate surface area is 114 Å². The number of aromatic nitrogens is 1. The highest BCUT2D eigenvalue weighted by Gasteiger charge is 2.00. The molecule has 0 aliphatic carbocycles. The van der Waals surface area contributed by atoms with Crippen LogP contribution in [0.1, 0.15) is 16.7 Å². The lowest BCUT2D eigenvalue weighted by Gasteiger charge is -2.11. The molecule has 0 spiro atoms. The van der Waals surface area contributed by atoms with E-state index in [0.717, 1.165) is 18.8 Å². The van der Waals surface area contributed by atoms with Gasteiger partial charge in [-0.1, -0.05) is 12.1 Å². The molecule has 0 atom stereocenters. The fourth-order valence-corrected chi connectivity index (χ4v) is 1.85. The zero-order valence-electron chi connectivity index (χ0n) is 11.5. The lowest BCUT2D eigenvalue weighted by molar-refractivity contribution is 0.311. The Morgan fingerprint density at radius 3 is 2.68 bits per heavy atom. The van der Waals surface area contributed by atoms with Gasteiger partial charge in [-0.3, -0.25) is 4.98 Å². The average molecular weight is 256 g/mol. The van der Waals surface area contributed by atoms with E-state index in [1.807, 2.05) is 36.7 Å². The summed E-state index contributed by atoms with van der Waals surface area (Å²) in [5, 5.41) is 3.35. The van der Waals surface area contributed by atoms with Crippen LogP contribution in [0.5, 0.6) is 5.75 Å². The van der Waals surface area contributed by atoms with Crippen molar-refractivity contribution in [2.24, 2.45) is 0 Å². The van der Waals surface area contributed by atoms with Crippen molar-refractivity contribution >= 4 is 0 Å². The maximum absolute atomic E-state index is 5.78. The van der Waals surface area contributed by atoms with E-state index in [4.69, 9.17) is 4.74 Å². The van der Waals surface area contributed by atoms with Gasteiger partial charge in [-0.15, -0.1) is 0 Å². The van der Waals surface area contributed by atoms with E-state index in [0.29, 0.717) is 6.61 Å². The van der Waals surface area contributed by atoms with Crippen LogP contribution in [0.3, 0.4) is 0 Å². The minimum Gasteiger partial charge on any atom is -0.492 e. The maximum Gasteiger partial charge on any atom is 0.122 e. The molecule has 2 aromatic rings. The van der Waals surface area contributed by atoms with Crippen LogP contribution < -0.4 is 10.1 Å². The molecule has 1 aromatic carbocycles. The molecule has 100 valence electrons. The van der Waals surface area contributed by atoms with Gasteiger partial charge in [0.25, 0.3) is 0 Å². The molecule has 1 N–H and O–H groups in total. The Morgan fingerprint density at radius 1 is 1.11 bits per heavy atom. The quantitative estimate of drug-likeness (QED) is 0.807. The molecule has 1 heterocycles. The molecule has 0 saturated heterocycles. The number of benzene rings is 1. The van der Waals surface area contributed by atoms with Gasteiger partial charge in [0, 0.05) is 25.5 Å². The predicted octanol–water partition coefficient (Wildman–Crippen LogP) is 2.87. The summed E-state index contributed by atoms with van der Waals surface area (Å²) < 4.78 is 5.78. The van der Waals surface area contributed by atoms with Crippen LogP contribution in [0.25, 0.3) is 0 Å². The maximum atomic E-state index is 5.78. The third-order valence-electron chi connectivity index (χ3n) is 3.17. The number of hydrogen-bond donors (Lipinski definition) is 1. The summed E-state index contributed by atoms with van der Waals surface area (Å²) in [4.78, 5) is 3.99. The Balaban J connectivity index is 1.71. The van der Waals surface area contributed by atoms with Crippen molar-refractivity contribution in [2.75, 3.05) is 13.2 Å². The summed E-state index contributed by atoms with van der Waals surface area (Å²) in [6.07, 6.45) is 3.62. The number of nitrogens with one attached hydrogen (secondary N) is 1. The van der Waals surface area contributed by atoms with Crippen LogP contribution >= 0.6 is 0 Å². The van der Waals surface area contributed by atoms with E-state index < -0.39 is 0 Å². The minimum absolute atomic E-state index is 0.676. The van der Waals surface area contributed by atoms with Gasteiger partial charge >= 0.3 is 0 Å². The van der Waals surface area contributed by atoms with Gasteiger partial charge in [-0.05, 0) is 48.7 Å². The highest BCUT2D eigenvalue weighted by Crippen LogP contribution is 2.20. The molecule has 0 saturated carbocycles. The third kappa shape index (κ3) is 4.07. The van der Waals surface area contributed by atoms with Crippen molar-refractivity contribution in [1.29, 1.82) is 0 Å². The van der Waals surface area contributed by atoms with Gasteiger partial charge < -0.3 is 10.1 Å². The minimum atomic E-state index is 0.676. The SMILES string of the molecule is Cc1cccc(OCCNCc2ccncc2)c1C. The first-order valence-corrected chi connectivity index (χ1v) is 6.56. The third-order valence-corrected chi connectivity index (χ3v) is 3.17. The number of nitrogens with zero attached hydrogens (tertiary/aromatic N) is 1. The molecule has 0 radical (unpaired) electrons. The molecule has 0 aliphatic heterocycles. The van der Waals surface area contributed by atoms with E-state index in [2.05, 4.69) is 30.2 Å². The topological polar surface area (TPSA) is 34.1 Å². The first-order chi connectivity index (χ1) is 9.27. The number of aryl methyl sites for hydroxylation is 1. The zero-order chi connectivity index (χ0) is 13.5. The van der Waals surface area contributed by atoms with Crippen molar-refractivity contribution < 1.29 is 4.74 Å². The van der Waals surface area contributed by atoms with Gasteiger partial charge in [0.05, 0.1) is 0 Å².